The SMILES string of the molecule is C[C@@H]1CN(C(=O)c2cccc(=O)[nH]2)C[C@H](C)O1. The minimum Gasteiger partial charge on any atom is -0.372 e. The maximum atomic E-state index is 12.1. The van der Waals surface area contributed by atoms with Gasteiger partial charge in [-0.3, -0.25) is 9.59 Å². The van der Waals surface area contributed by atoms with Crippen LogP contribution in [0, 0.1) is 0 Å². The predicted octanol–water partition coefficient (Wildman–Crippen LogP) is 0.624. The van der Waals surface area contributed by atoms with Crippen molar-refractivity contribution in [2.24, 2.45) is 0 Å². The zero-order valence-corrected chi connectivity index (χ0v) is 9.97. The Kier molecular flexibility index (Phi) is 3.28. The molecule has 0 aromatic carbocycles. The summed E-state index contributed by atoms with van der Waals surface area (Å²) < 4.78 is 5.56. The van der Waals surface area contributed by atoms with Crippen LogP contribution in [0.5, 0.6) is 0 Å². The summed E-state index contributed by atoms with van der Waals surface area (Å²) >= 11 is 0. The molecule has 0 unspecified atom stereocenters. The molecule has 0 saturated carbocycles. The number of carbonyl (C=O) groups is 1. The fourth-order valence-corrected chi connectivity index (χ4v) is 2.09. The predicted molar refractivity (Wildman–Crippen MR) is 63.0 cm³/mol. The molecule has 1 aromatic rings. The van der Waals surface area contributed by atoms with E-state index in [4.69, 9.17) is 4.74 Å². The van der Waals surface area contributed by atoms with Gasteiger partial charge in [0, 0.05) is 19.2 Å². The van der Waals surface area contributed by atoms with Gasteiger partial charge in [-0.2, -0.15) is 0 Å². The van der Waals surface area contributed by atoms with Crippen LogP contribution < -0.4 is 5.56 Å². The topological polar surface area (TPSA) is 62.4 Å². The van der Waals surface area contributed by atoms with Crippen LogP contribution in [0.2, 0.25) is 0 Å². The molecular weight excluding hydrogens is 220 g/mol. The van der Waals surface area contributed by atoms with Crippen molar-refractivity contribution in [3.8, 4) is 0 Å². The van der Waals surface area contributed by atoms with Gasteiger partial charge in [-0.15, -0.1) is 0 Å². The van der Waals surface area contributed by atoms with Gasteiger partial charge in [0.2, 0.25) is 5.56 Å². The van der Waals surface area contributed by atoms with Crippen LogP contribution in [0.3, 0.4) is 0 Å². The molecule has 92 valence electrons. The quantitative estimate of drug-likeness (QED) is 0.777. The first-order valence-electron chi connectivity index (χ1n) is 5.70. The number of carbonyl (C=O) groups excluding carboxylic acids is 1. The van der Waals surface area contributed by atoms with Crippen molar-refractivity contribution in [1.29, 1.82) is 0 Å². The molecule has 1 aromatic heterocycles. The lowest BCUT2D eigenvalue weighted by molar-refractivity contribution is -0.0587. The van der Waals surface area contributed by atoms with Gasteiger partial charge < -0.3 is 14.6 Å². The molecule has 1 saturated heterocycles. The highest BCUT2D eigenvalue weighted by Gasteiger charge is 2.26. The third kappa shape index (κ3) is 2.74. The number of hydrogen-bond acceptors (Lipinski definition) is 3. The van der Waals surface area contributed by atoms with E-state index in [1.54, 1.807) is 17.0 Å². The summed E-state index contributed by atoms with van der Waals surface area (Å²) in [5.41, 5.74) is 0.0732. The summed E-state index contributed by atoms with van der Waals surface area (Å²) in [5, 5.41) is 0. The smallest absolute Gasteiger partial charge is 0.270 e. The molecule has 1 aliphatic heterocycles. The molecule has 17 heavy (non-hydrogen) atoms. The molecule has 1 N–H and O–H groups in total. The molecule has 0 spiro atoms. The highest BCUT2D eigenvalue weighted by molar-refractivity contribution is 5.92. The number of nitrogens with zero attached hydrogens (tertiary/aromatic N) is 1. The van der Waals surface area contributed by atoms with Crippen molar-refractivity contribution in [2.45, 2.75) is 26.1 Å². The maximum Gasteiger partial charge on any atom is 0.270 e. The zero-order valence-electron chi connectivity index (χ0n) is 9.97. The third-order valence-corrected chi connectivity index (χ3v) is 2.71. The molecule has 1 aliphatic rings. The second-order valence-corrected chi connectivity index (χ2v) is 4.40. The Morgan fingerprint density at radius 1 is 1.35 bits per heavy atom. The fourth-order valence-electron chi connectivity index (χ4n) is 2.09. The number of rotatable bonds is 1. The summed E-state index contributed by atoms with van der Waals surface area (Å²) in [6.45, 7) is 4.98. The Labute approximate surface area is 99.4 Å². The van der Waals surface area contributed by atoms with Crippen LogP contribution in [0.15, 0.2) is 23.0 Å². The van der Waals surface area contributed by atoms with E-state index in [1.807, 2.05) is 13.8 Å². The number of aromatic amines is 1. The number of hydrogen-bond donors (Lipinski definition) is 1. The Hall–Kier alpha value is -1.62. The van der Waals surface area contributed by atoms with Gasteiger partial charge in [-0.25, -0.2) is 0 Å². The number of amides is 1. The van der Waals surface area contributed by atoms with Crippen molar-refractivity contribution in [3.63, 3.8) is 0 Å². The van der Waals surface area contributed by atoms with Crippen molar-refractivity contribution in [2.75, 3.05) is 13.1 Å². The van der Waals surface area contributed by atoms with Gasteiger partial charge in [0.05, 0.1) is 12.2 Å². The van der Waals surface area contributed by atoms with Crippen molar-refractivity contribution in [3.05, 3.63) is 34.2 Å². The summed E-state index contributed by atoms with van der Waals surface area (Å²) in [5.74, 6) is -0.148. The molecule has 2 heterocycles. The number of H-pyrrole nitrogens is 1. The average molecular weight is 236 g/mol. The van der Waals surface area contributed by atoms with E-state index < -0.39 is 0 Å². The number of nitrogens with one attached hydrogen (secondary N) is 1. The summed E-state index contributed by atoms with van der Waals surface area (Å²) in [6.07, 6.45) is 0.0521. The monoisotopic (exact) mass is 236 g/mol. The lowest BCUT2D eigenvalue weighted by Gasteiger charge is -2.35. The van der Waals surface area contributed by atoms with E-state index in [0.29, 0.717) is 18.8 Å². The molecule has 2 atom stereocenters. The van der Waals surface area contributed by atoms with Crippen LogP contribution in [0.4, 0.5) is 0 Å². The Balaban J connectivity index is 2.17. The first kappa shape index (κ1) is 11.9. The second kappa shape index (κ2) is 4.71. The van der Waals surface area contributed by atoms with Gasteiger partial charge in [0.25, 0.3) is 5.91 Å². The van der Waals surface area contributed by atoms with E-state index in [9.17, 15) is 9.59 Å². The molecule has 2 rings (SSSR count). The summed E-state index contributed by atoms with van der Waals surface area (Å²) in [7, 11) is 0. The fraction of sp³-hybridized carbons (Fsp3) is 0.500. The largest absolute Gasteiger partial charge is 0.372 e. The Morgan fingerprint density at radius 3 is 2.59 bits per heavy atom. The van der Waals surface area contributed by atoms with E-state index in [1.165, 1.54) is 6.07 Å². The first-order chi connectivity index (χ1) is 8.06. The van der Waals surface area contributed by atoms with E-state index in [0.717, 1.165) is 0 Å². The third-order valence-electron chi connectivity index (χ3n) is 2.71. The lowest BCUT2D eigenvalue weighted by Crippen LogP contribution is -2.48. The Morgan fingerprint density at radius 2 is 2.00 bits per heavy atom. The minimum atomic E-state index is -0.259. The van der Waals surface area contributed by atoms with Gasteiger partial charge in [-0.05, 0) is 19.9 Å². The molecular formula is C12H16N2O3. The van der Waals surface area contributed by atoms with Crippen LogP contribution in [0.1, 0.15) is 24.3 Å². The number of aromatic nitrogens is 1. The standard InChI is InChI=1S/C12H16N2O3/c1-8-6-14(7-9(2)17-8)12(16)10-4-3-5-11(15)13-10/h3-5,8-9H,6-7H2,1-2H3,(H,13,15)/t8-,9+. The van der Waals surface area contributed by atoms with Crippen LogP contribution in [-0.2, 0) is 4.74 Å². The first-order valence-corrected chi connectivity index (χ1v) is 5.70. The zero-order chi connectivity index (χ0) is 12.4. The van der Waals surface area contributed by atoms with E-state index >= 15 is 0 Å². The highest BCUT2D eigenvalue weighted by atomic mass is 16.5. The summed E-state index contributed by atoms with van der Waals surface area (Å²) in [4.78, 5) is 27.6. The molecule has 0 radical (unpaired) electrons. The molecule has 0 aliphatic carbocycles. The molecule has 5 heteroatoms. The molecule has 0 bridgehead atoms. The Bertz CT molecular complexity index is 459. The molecule has 5 nitrogen and oxygen atoms in total. The number of ether oxygens (including phenoxy) is 1. The van der Waals surface area contributed by atoms with Crippen LogP contribution in [0.25, 0.3) is 0 Å². The van der Waals surface area contributed by atoms with Crippen LogP contribution >= 0.6 is 0 Å². The van der Waals surface area contributed by atoms with Gasteiger partial charge in [0.15, 0.2) is 0 Å². The van der Waals surface area contributed by atoms with Gasteiger partial charge in [0.1, 0.15) is 5.69 Å². The van der Waals surface area contributed by atoms with Gasteiger partial charge in [-0.1, -0.05) is 6.07 Å². The maximum absolute atomic E-state index is 12.1. The number of morpholine rings is 1. The van der Waals surface area contributed by atoms with Gasteiger partial charge >= 0.3 is 0 Å². The average Bonchev–Trinajstić information content (AvgIpc) is 2.26. The van der Waals surface area contributed by atoms with Crippen molar-refractivity contribution in [1.82, 2.24) is 9.88 Å². The lowest BCUT2D eigenvalue weighted by atomic mass is 10.2. The molecule has 1 fully saturated rings. The highest BCUT2D eigenvalue weighted by Crippen LogP contribution is 2.12. The minimum absolute atomic E-state index is 0.0261. The molecule has 1 amide bonds. The van der Waals surface area contributed by atoms with E-state index in [-0.39, 0.29) is 23.7 Å². The van der Waals surface area contributed by atoms with Crippen molar-refractivity contribution >= 4 is 5.91 Å². The second-order valence-electron chi connectivity index (χ2n) is 4.40. The summed E-state index contributed by atoms with van der Waals surface area (Å²) in [6, 6.07) is 4.59. The number of pyridine rings is 1. The van der Waals surface area contributed by atoms with E-state index in [2.05, 4.69) is 4.98 Å². The van der Waals surface area contributed by atoms with Crippen LogP contribution in [-0.4, -0.2) is 41.1 Å². The van der Waals surface area contributed by atoms with Crippen molar-refractivity contribution < 1.29 is 9.53 Å². The normalized spacial score (nSPS) is 24.7.